The van der Waals surface area contributed by atoms with E-state index in [0.29, 0.717) is 22.9 Å². The first kappa shape index (κ1) is 21.3. The zero-order valence-electron chi connectivity index (χ0n) is 16.1. The number of carbonyl (C=O) groups is 3. The van der Waals surface area contributed by atoms with Gasteiger partial charge in [0.1, 0.15) is 0 Å². The van der Waals surface area contributed by atoms with Crippen LogP contribution in [0.4, 0.5) is 5.69 Å². The molecule has 154 valence electrons. The van der Waals surface area contributed by atoms with Crippen molar-refractivity contribution in [2.75, 3.05) is 39.3 Å². The number of amides is 2. The Morgan fingerprint density at radius 1 is 1.21 bits per heavy atom. The molecule has 0 radical (unpaired) electrons. The van der Waals surface area contributed by atoms with Crippen LogP contribution in [0.2, 0.25) is 0 Å². The highest BCUT2D eigenvalue weighted by molar-refractivity contribution is 6.00. The van der Waals surface area contributed by atoms with Gasteiger partial charge in [-0.25, -0.2) is 4.79 Å². The molecule has 3 N–H and O–H groups in total. The summed E-state index contributed by atoms with van der Waals surface area (Å²) in [7, 11) is 4.38. The molecule has 1 aromatic carbocycles. The summed E-state index contributed by atoms with van der Waals surface area (Å²) in [5.41, 5.74) is -1.61. The standard InChI is InChI=1S/C18H24N2O8/c1-18(25,17(23)24)9-19-16(22)10-5-14(21)20(8-10)11-6-12(26-2)15(28-4)13(7-11)27-3/h6-7,10,25H,5,8-9H2,1-4H3,(H,19,22)(H,23,24). The van der Waals surface area contributed by atoms with Gasteiger partial charge in [-0.15, -0.1) is 0 Å². The van der Waals surface area contributed by atoms with Crippen LogP contribution < -0.4 is 24.4 Å². The van der Waals surface area contributed by atoms with Gasteiger partial charge in [0, 0.05) is 25.1 Å². The molecule has 10 heteroatoms. The number of methoxy groups -OCH3 is 3. The van der Waals surface area contributed by atoms with Gasteiger partial charge < -0.3 is 34.6 Å². The molecule has 0 aromatic heterocycles. The summed E-state index contributed by atoms with van der Waals surface area (Å²) in [4.78, 5) is 37.1. The molecule has 2 rings (SSSR count). The summed E-state index contributed by atoms with van der Waals surface area (Å²) >= 11 is 0. The molecular weight excluding hydrogens is 372 g/mol. The molecule has 0 bridgehead atoms. The largest absolute Gasteiger partial charge is 0.493 e. The number of nitrogens with zero attached hydrogens (tertiary/aromatic N) is 1. The number of benzene rings is 1. The topological polar surface area (TPSA) is 135 Å². The molecule has 10 nitrogen and oxygen atoms in total. The van der Waals surface area contributed by atoms with E-state index in [2.05, 4.69) is 5.32 Å². The lowest BCUT2D eigenvalue weighted by molar-refractivity contribution is -0.156. The second-order valence-corrected chi connectivity index (χ2v) is 6.59. The van der Waals surface area contributed by atoms with Gasteiger partial charge in [-0.1, -0.05) is 0 Å². The number of rotatable bonds is 8. The molecule has 1 aliphatic rings. The Morgan fingerprint density at radius 2 is 1.79 bits per heavy atom. The number of carboxylic acid groups (broad SMARTS) is 1. The minimum atomic E-state index is -2.09. The number of nitrogens with one attached hydrogen (secondary N) is 1. The average Bonchev–Trinajstić information content (AvgIpc) is 3.06. The fraction of sp³-hybridized carbons (Fsp3) is 0.500. The molecule has 2 unspecified atom stereocenters. The minimum Gasteiger partial charge on any atom is -0.493 e. The van der Waals surface area contributed by atoms with Crippen LogP contribution in [0.25, 0.3) is 0 Å². The normalized spacial score (nSPS) is 18.4. The fourth-order valence-corrected chi connectivity index (χ4v) is 2.84. The quantitative estimate of drug-likeness (QED) is 0.560. The van der Waals surface area contributed by atoms with Crippen LogP contribution >= 0.6 is 0 Å². The predicted molar refractivity (Wildman–Crippen MR) is 97.8 cm³/mol. The maximum absolute atomic E-state index is 12.4. The van der Waals surface area contributed by atoms with Gasteiger partial charge in [0.05, 0.1) is 39.5 Å². The van der Waals surface area contributed by atoms with E-state index < -0.39 is 29.9 Å². The number of anilines is 1. The third kappa shape index (κ3) is 4.28. The van der Waals surface area contributed by atoms with Crippen LogP contribution in [0, 0.1) is 5.92 Å². The summed E-state index contributed by atoms with van der Waals surface area (Å²) in [5.74, 6) is -1.80. The van der Waals surface area contributed by atoms with E-state index in [4.69, 9.17) is 19.3 Å². The first-order valence-corrected chi connectivity index (χ1v) is 8.48. The van der Waals surface area contributed by atoms with Crippen LogP contribution in [0.5, 0.6) is 17.2 Å². The molecule has 1 heterocycles. The Bertz CT molecular complexity index is 752. The van der Waals surface area contributed by atoms with Gasteiger partial charge >= 0.3 is 5.97 Å². The number of aliphatic hydroxyl groups is 1. The van der Waals surface area contributed by atoms with Crippen molar-refractivity contribution in [3.8, 4) is 17.2 Å². The zero-order valence-corrected chi connectivity index (χ0v) is 16.1. The molecule has 2 atom stereocenters. The summed E-state index contributed by atoms with van der Waals surface area (Å²) in [6, 6.07) is 3.21. The van der Waals surface area contributed by atoms with E-state index in [1.165, 1.54) is 26.2 Å². The highest BCUT2D eigenvalue weighted by Crippen LogP contribution is 2.42. The molecule has 1 aliphatic heterocycles. The predicted octanol–water partition coefficient (Wildman–Crippen LogP) is 0.0171. The first-order valence-electron chi connectivity index (χ1n) is 8.48. The lowest BCUT2D eigenvalue weighted by Gasteiger charge is -2.21. The molecule has 2 amide bonds. The van der Waals surface area contributed by atoms with Crippen LogP contribution in [0.1, 0.15) is 13.3 Å². The van der Waals surface area contributed by atoms with Crippen molar-refractivity contribution < 1.29 is 38.8 Å². The third-order valence-corrected chi connectivity index (χ3v) is 4.52. The van der Waals surface area contributed by atoms with Crippen molar-refractivity contribution in [3.63, 3.8) is 0 Å². The maximum Gasteiger partial charge on any atom is 0.337 e. The van der Waals surface area contributed by atoms with E-state index in [0.717, 1.165) is 6.92 Å². The number of hydrogen-bond acceptors (Lipinski definition) is 7. The second kappa shape index (κ2) is 8.34. The van der Waals surface area contributed by atoms with E-state index in [1.807, 2.05) is 0 Å². The van der Waals surface area contributed by atoms with Gasteiger partial charge in [-0.05, 0) is 6.92 Å². The summed E-state index contributed by atoms with van der Waals surface area (Å²) in [6.45, 7) is 0.714. The van der Waals surface area contributed by atoms with Gasteiger partial charge in [-0.3, -0.25) is 9.59 Å². The summed E-state index contributed by atoms with van der Waals surface area (Å²) < 4.78 is 15.8. The highest BCUT2D eigenvalue weighted by atomic mass is 16.5. The molecule has 0 spiro atoms. The number of carbonyl (C=O) groups excluding carboxylic acids is 2. The van der Waals surface area contributed by atoms with Crippen molar-refractivity contribution in [1.82, 2.24) is 5.32 Å². The molecule has 28 heavy (non-hydrogen) atoms. The lowest BCUT2D eigenvalue weighted by Crippen LogP contribution is -2.48. The van der Waals surface area contributed by atoms with Gasteiger partial charge in [-0.2, -0.15) is 0 Å². The summed E-state index contributed by atoms with van der Waals surface area (Å²) in [6.07, 6.45) is -0.0439. The number of ether oxygens (including phenoxy) is 3. The Balaban J connectivity index is 2.16. The van der Waals surface area contributed by atoms with Crippen molar-refractivity contribution in [2.24, 2.45) is 5.92 Å². The molecule has 0 saturated carbocycles. The minimum absolute atomic E-state index is 0.0439. The Labute approximate surface area is 162 Å². The van der Waals surface area contributed by atoms with Crippen LogP contribution in [-0.4, -0.2) is 68.0 Å². The molecule has 1 fully saturated rings. The number of aliphatic carboxylic acids is 1. The fourth-order valence-electron chi connectivity index (χ4n) is 2.84. The van der Waals surface area contributed by atoms with Gasteiger partial charge in [0.15, 0.2) is 17.1 Å². The Kier molecular flexibility index (Phi) is 6.34. The first-order chi connectivity index (χ1) is 13.1. The lowest BCUT2D eigenvalue weighted by atomic mass is 10.1. The van der Waals surface area contributed by atoms with Crippen molar-refractivity contribution in [3.05, 3.63) is 12.1 Å². The van der Waals surface area contributed by atoms with E-state index >= 15 is 0 Å². The maximum atomic E-state index is 12.4. The van der Waals surface area contributed by atoms with Gasteiger partial charge in [0.25, 0.3) is 0 Å². The molecule has 1 saturated heterocycles. The monoisotopic (exact) mass is 396 g/mol. The van der Waals surface area contributed by atoms with E-state index in [-0.39, 0.29) is 18.9 Å². The molecular formula is C18H24N2O8. The van der Waals surface area contributed by atoms with E-state index in [9.17, 15) is 19.5 Å². The van der Waals surface area contributed by atoms with E-state index in [1.54, 1.807) is 12.1 Å². The van der Waals surface area contributed by atoms with Crippen LogP contribution in [-0.2, 0) is 14.4 Å². The Morgan fingerprint density at radius 3 is 2.25 bits per heavy atom. The second-order valence-electron chi connectivity index (χ2n) is 6.59. The van der Waals surface area contributed by atoms with Crippen molar-refractivity contribution in [1.29, 1.82) is 0 Å². The van der Waals surface area contributed by atoms with Crippen molar-refractivity contribution >= 4 is 23.5 Å². The molecule has 0 aliphatic carbocycles. The average molecular weight is 396 g/mol. The smallest absolute Gasteiger partial charge is 0.337 e. The zero-order chi connectivity index (χ0) is 21.1. The van der Waals surface area contributed by atoms with Crippen molar-refractivity contribution in [2.45, 2.75) is 18.9 Å². The highest BCUT2D eigenvalue weighted by Gasteiger charge is 2.37. The van der Waals surface area contributed by atoms with Gasteiger partial charge in [0.2, 0.25) is 17.6 Å². The van der Waals surface area contributed by atoms with Crippen LogP contribution in [0.15, 0.2) is 12.1 Å². The third-order valence-electron chi connectivity index (χ3n) is 4.52. The number of hydrogen-bond donors (Lipinski definition) is 3. The SMILES string of the molecule is COc1cc(N2CC(C(=O)NCC(C)(O)C(=O)O)CC2=O)cc(OC)c1OC. The molecule has 1 aromatic rings. The van der Waals surface area contributed by atoms with Crippen LogP contribution in [0.3, 0.4) is 0 Å². The Hall–Kier alpha value is -3.01. The summed E-state index contributed by atoms with van der Waals surface area (Å²) in [5, 5.41) is 21.0. The number of carboxylic acids is 1.